The molecule has 6 atom stereocenters. The maximum Gasteiger partial charge on any atom is 0.312 e. The average Bonchev–Trinajstić information content (AvgIpc) is 3.51. The van der Waals surface area contributed by atoms with Crippen LogP contribution < -0.4 is 15.4 Å². The highest BCUT2D eigenvalue weighted by Crippen LogP contribution is 2.66. The molecule has 0 radical (unpaired) electrons. The lowest BCUT2D eigenvalue weighted by Crippen LogP contribution is -2.75. The SMILES string of the molecule is C[C@H](C(=O)NCCC(=O)OC1=CC[C@@]2(OC(=O)CCNC(=O)[C@@H](C)c3ccccc3)[C@H]3Cc4ccc(O)c5c4[C@@]2(CCN3C)[C@H]1O5)c1ccccc1. The number of nitrogens with zero attached hydrogens (tertiary/aromatic N) is 1. The number of hydrogen-bond donors (Lipinski definition) is 3. The highest BCUT2D eigenvalue weighted by atomic mass is 16.6. The number of phenols is 1. The highest BCUT2D eigenvalue weighted by molar-refractivity contribution is 5.84. The minimum Gasteiger partial charge on any atom is -0.504 e. The molecule has 2 amide bonds. The van der Waals surface area contributed by atoms with Crippen molar-refractivity contribution in [3.05, 3.63) is 107 Å². The fraction of sp³-hybridized carbons (Fsp3) is 0.415. The lowest BCUT2D eigenvalue weighted by molar-refractivity contribution is -0.206. The summed E-state index contributed by atoms with van der Waals surface area (Å²) < 4.78 is 19.1. The molecule has 0 saturated carbocycles. The molecule has 1 fully saturated rings. The zero-order chi connectivity index (χ0) is 36.6. The predicted octanol–water partition coefficient (Wildman–Crippen LogP) is 4.38. The molecule has 1 saturated heterocycles. The molecule has 4 aliphatic rings. The summed E-state index contributed by atoms with van der Waals surface area (Å²) in [6.07, 6.45) is 2.19. The second-order valence-corrected chi connectivity index (χ2v) is 14.4. The number of carbonyl (C=O) groups is 4. The third kappa shape index (κ3) is 6.00. The van der Waals surface area contributed by atoms with Crippen molar-refractivity contribution in [1.82, 2.24) is 15.5 Å². The van der Waals surface area contributed by atoms with Crippen LogP contribution in [0.4, 0.5) is 0 Å². The van der Waals surface area contributed by atoms with Crippen molar-refractivity contribution in [1.29, 1.82) is 0 Å². The molecule has 3 aromatic rings. The van der Waals surface area contributed by atoms with E-state index in [1.165, 1.54) is 0 Å². The van der Waals surface area contributed by atoms with Gasteiger partial charge in [-0.05, 0) is 69.1 Å². The fourth-order valence-corrected chi connectivity index (χ4v) is 8.71. The van der Waals surface area contributed by atoms with Gasteiger partial charge in [-0.2, -0.15) is 0 Å². The van der Waals surface area contributed by atoms with Crippen molar-refractivity contribution < 1.29 is 38.5 Å². The summed E-state index contributed by atoms with van der Waals surface area (Å²) in [4.78, 5) is 54.9. The summed E-state index contributed by atoms with van der Waals surface area (Å²) in [6.45, 7) is 4.51. The molecule has 272 valence electrons. The Bertz CT molecular complexity index is 1900. The third-order valence-electron chi connectivity index (χ3n) is 11.5. The van der Waals surface area contributed by atoms with Gasteiger partial charge in [-0.15, -0.1) is 0 Å². The predicted molar refractivity (Wildman–Crippen MR) is 192 cm³/mol. The minimum atomic E-state index is -1.09. The third-order valence-corrected chi connectivity index (χ3v) is 11.5. The number of likely N-dealkylation sites (N-methyl/N-ethyl adjacent to an activating group) is 1. The first-order chi connectivity index (χ1) is 25.1. The number of piperidine rings is 1. The second kappa shape index (κ2) is 14.1. The number of benzene rings is 3. The van der Waals surface area contributed by atoms with Gasteiger partial charge >= 0.3 is 11.9 Å². The van der Waals surface area contributed by atoms with E-state index < -0.39 is 29.1 Å². The van der Waals surface area contributed by atoms with Crippen LogP contribution in [0, 0.1) is 0 Å². The van der Waals surface area contributed by atoms with Crippen LogP contribution in [0.2, 0.25) is 0 Å². The van der Waals surface area contributed by atoms with Crippen molar-refractivity contribution >= 4 is 23.8 Å². The Labute approximate surface area is 303 Å². The van der Waals surface area contributed by atoms with Gasteiger partial charge in [0.2, 0.25) is 11.8 Å². The van der Waals surface area contributed by atoms with Crippen LogP contribution in [0.3, 0.4) is 0 Å². The molecular formula is C41H45N3O8. The molecule has 0 unspecified atom stereocenters. The van der Waals surface area contributed by atoms with Crippen LogP contribution in [0.5, 0.6) is 11.5 Å². The van der Waals surface area contributed by atoms with Gasteiger partial charge in [-0.25, -0.2) is 0 Å². The number of esters is 2. The Kier molecular flexibility index (Phi) is 9.56. The number of hydrogen-bond acceptors (Lipinski definition) is 9. The van der Waals surface area contributed by atoms with Crippen molar-refractivity contribution in [2.45, 2.75) is 80.9 Å². The first-order valence-electron chi connectivity index (χ1n) is 18.1. The van der Waals surface area contributed by atoms with Gasteiger partial charge < -0.3 is 30.0 Å². The summed E-state index contributed by atoms with van der Waals surface area (Å²) in [6, 6.07) is 22.2. The summed E-state index contributed by atoms with van der Waals surface area (Å²) in [5.74, 6) is -1.53. The number of aromatic hydroxyl groups is 1. The van der Waals surface area contributed by atoms with E-state index in [9.17, 15) is 24.3 Å². The van der Waals surface area contributed by atoms with Crippen molar-refractivity contribution in [3.63, 3.8) is 0 Å². The van der Waals surface area contributed by atoms with E-state index in [1.807, 2.05) is 87.6 Å². The quantitative estimate of drug-likeness (QED) is 0.234. The number of nitrogens with one attached hydrogen (secondary N) is 2. The van der Waals surface area contributed by atoms with Gasteiger partial charge in [0, 0.05) is 25.1 Å². The molecule has 11 nitrogen and oxygen atoms in total. The van der Waals surface area contributed by atoms with Gasteiger partial charge in [0.25, 0.3) is 0 Å². The van der Waals surface area contributed by atoms with Gasteiger partial charge in [-0.1, -0.05) is 66.7 Å². The topological polar surface area (TPSA) is 144 Å². The van der Waals surface area contributed by atoms with Gasteiger partial charge in [0.05, 0.1) is 36.1 Å². The van der Waals surface area contributed by atoms with Crippen LogP contribution in [-0.4, -0.2) is 78.2 Å². The number of rotatable bonds is 12. The summed E-state index contributed by atoms with van der Waals surface area (Å²) in [5.41, 5.74) is 1.52. The van der Waals surface area contributed by atoms with Crippen LogP contribution in [0.25, 0.3) is 0 Å². The Morgan fingerprint density at radius 1 is 0.885 bits per heavy atom. The van der Waals surface area contributed by atoms with E-state index in [-0.39, 0.29) is 67.8 Å². The Hall–Kier alpha value is -5.16. The molecule has 1 spiro atoms. The maximum absolute atomic E-state index is 13.8. The van der Waals surface area contributed by atoms with Crippen LogP contribution in [-0.2, 0) is 40.5 Å². The first-order valence-corrected chi connectivity index (χ1v) is 18.1. The van der Waals surface area contributed by atoms with E-state index >= 15 is 0 Å². The molecule has 11 heteroatoms. The van der Waals surface area contributed by atoms with E-state index in [0.717, 1.165) is 22.3 Å². The molecule has 2 aliphatic carbocycles. The van der Waals surface area contributed by atoms with Crippen LogP contribution >= 0.6 is 0 Å². The van der Waals surface area contributed by atoms with E-state index in [2.05, 4.69) is 15.5 Å². The molecule has 52 heavy (non-hydrogen) atoms. The molecule has 3 aromatic carbocycles. The molecule has 7 rings (SSSR count). The second-order valence-electron chi connectivity index (χ2n) is 14.4. The molecule has 2 heterocycles. The number of ether oxygens (including phenoxy) is 3. The number of amides is 2. The minimum absolute atomic E-state index is 0.0312. The molecular weight excluding hydrogens is 662 g/mol. The zero-order valence-corrected chi connectivity index (χ0v) is 29.7. The zero-order valence-electron chi connectivity index (χ0n) is 29.7. The largest absolute Gasteiger partial charge is 0.504 e. The van der Waals surface area contributed by atoms with Crippen LogP contribution in [0.1, 0.15) is 73.6 Å². The number of likely N-dealkylation sites (tertiary alicyclic amines) is 1. The summed E-state index contributed by atoms with van der Waals surface area (Å²) in [5, 5.41) is 16.7. The number of phenolic OH excluding ortho intramolecular Hbond substituents is 1. The van der Waals surface area contributed by atoms with Gasteiger partial charge in [0.1, 0.15) is 11.4 Å². The summed E-state index contributed by atoms with van der Waals surface area (Å²) >= 11 is 0. The molecule has 2 aliphatic heterocycles. The van der Waals surface area contributed by atoms with Crippen molar-refractivity contribution in [2.75, 3.05) is 26.7 Å². The first kappa shape index (κ1) is 35.3. The lowest BCUT2D eigenvalue weighted by Gasteiger charge is -2.62. The Morgan fingerprint density at radius 2 is 1.48 bits per heavy atom. The lowest BCUT2D eigenvalue weighted by atomic mass is 9.50. The van der Waals surface area contributed by atoms with Crippen molar-refractivity contribution in [3.8, 4) is 11.5 Å². The maximum atomic E-state index is 13.8. The van der Waals surface area contributed by atoms with E-state index in [1.54, 1.807) is 12.1 Å². The fourth-order valence-electron chi connectivity index (χ4n) is 8.71. The highest BCUT2D eigenvalue weighted by Gasteiger charge is 2.74. The average molecular weight is 708 g/mol. The number of carbonyl (C=O) groups excluding carboxylic acids is 4. The van der Waals surface area contributed by atoms with Crippen molar-refractivity contribution in [2.24, 2.45) is 0 Å². The smallest absolute Gasteiger partial charge is 0.312 e. The van der Waals surface area contributed by atoms with Gasteiger partial charge in [0.15, 0.2) is 17.6 Å². The standard InChI is InChI=1S/C41H45N3O8/c1-25(27-10-6-4-7-11-27)38(48)42-21-17-33(46)50-31-16-19-41(52-34(47)18-22-43-39(49)26(2)28-12-8-5-9-13-28)32-24-29-14-15-30(45)36-35(29)40(41,37(31)51-36)20-23-44(32)3/h4-16,25-26,32,37,45H,17-24H2,1-3H3,(H,42,48)(H,43,49)/t25-,26-,32+,37-,40-,41+/m0/s1. The molecule has 0 aromatic heterocycles. The van der Waals surface area contributed by atoms with Gasteiger partial charge in [-0.3, -0.25) is 24.1 Å². The Balaban J connectivity index is 1.09. The normalized spacial score (nSPS) is 25.0. The molecule has 2 bridgehead atoms. The van der Waals surface area contributed by atoms with Crippen LogP contribution in [0.15, 0.2) is 84.6 Å². The Morgan fingerprint density at radius 3 is 2.10 bits per heavy atom. The monoisotopic (exact) mass is 707 g/mol. The summed E-state index contributed by atoms with van der Waals surface area (Å²) in [7, 11) is 2.02. The van der Waals surface area contributed by atoms with E-state index in [4.69, 9.17) is 14.2 Å². The van der Waals surface area contributed by atoms with E-state index in [0.29, 0.717) is 30.9 Å². The molecule has 3 N–H and O–H groups in total.